The number of hydrogen-bond acceptors (Lipinski definition) is 15. The van der Waals surface area contributed by atoms with Gasteiger partial charge in [-0.1, -0.05) is 0 Å². The van der Waals surface area contributed by atoms with Crippen molar-refractivity contribution >= 4 is 70.7 Å². The summed E-state index contributed by atoms with van der Waals surface area (Å²) in [6.07, 6.45) is 0. The molecule has 0 radical (unpaired) electrons. The SMILES string of the molecule is C[C@H](COP(=O)(O)O)NC(=O)[C@H](C)NC(=O)[C@H](C)NC(=O)[C@H](COP(=O)(O)O)NC(=O)[C@H](C)NC(=O)[C@H](C)NC(=O)[C@H](COP(=O)(O)O)NC(=O)[C@H](C)NC(=O)[C@H](C)N. The number of carbonyl (C=O) groups excluding carboxylic acids is 8. The molecule has 0 aromatic heterocycles. The number of carbonyl (C=O) groups is 8. The third kappa shape index (κ3) is 24.0. The average molecular weight is 916 g/mol. The lowest BCUT2D eigenvalue weighted by atomic mass is 10.2. The minimum absolute atomic E-state index is 0.578. The van der Waals surface area contributed by atoms with Crippen LogP contribution in [-0.4, -0.2) is 151 Å². The Balaban J connectivity index is 5.64. The topological polar surface area (TPSA) is 459 Å². The minimum Gasteiger partial charge on any atom is -0.350 e. The maximum atomic E-state index is 13.0. The van der Waals surface area contributed by atoms with Crippen molar-refractivity contribution in [2.45, 2.75) is 103 Å². The smallest absolute Gasteiger partial charge is 0.350 e. The molecule has 0 bridgehead atoms. The van der Waals surface area contributed by atoms with Crippen LogP contribution in [0.25, 0.3) is 0 Å². The molecule has 0 fully saturated rings. The molecule has 0 rings (SSSR count). The van der Waals surface area contributed by atoms with Crippen LogP contribution in [-0.2, 0) is 65.6 Å². The number of hydrogen-bond donors (Lipinski definition) is 15. The van der Waals surface area contributed by atoms with Crippen LogP contribution in [0, 0.1) is 0 Å². The van der Waals surface area contributed by atoms with Gasteiger partial charge in [-0.3, -0.25) is 51.9 Å². The first-order valence-corrected chi connectivity index (χ1v) is 21.6. The maximum Gasteiger partial charge on any atom is 0.469 e. The van der Waals surface area contributed by atoms with Gasteiger partial charge >= 0.3 is 23.5 Å². The van der Waals surface area contributed by atoms with Gasteiger partial charge in [-0.25, -0.2) is 13.7 Å². The Kier molecular flexibility index (Phi) is 22.7. The molecule has 0 saturated carbocycles. The molecule has 32 heteroatoms. The summed E-state index contributed by atoms with van der Waals surface area (Å²) in [6, 6.07) is -12.9. The van der Waals surface area contributed by atoms with Gasteiger partial charge in [0.05, 0.1) is 31.9 Å². The van der Waals surface area contributed by atoms with Gasteiger partial charge in [0.1, 0.15) is 42.3 Å². The molecule has 0 aliphatic rings. The van der Waals surface area contributed by atoms with E-state index in [1.165, 1.54) is 27.7 Å². The summed E-state index contributed by atoms with van der Waals surface area (Å²) in [5.41, 5.74) is 5.43. The number of amides is 8. The van der Waals surface area contributed by atoms with E-state index in [1.54, 1.807) is 0 Å². The first-order chi connectivity index (χ1) is 26.7. The summed E-state index contributed by atoms with van der Waals surface area (Å²) >= 11 is 0. The molecule has 0 spiro atoms. The van der Waals surface area contributed by atoms with Gasteiger partial charge in [0.15, 0.2) is 0 Å². The summed E-state index contributed by atoms with van der Waals surface area (Å²) in [4.78, 5) is 155. The van der Waals surface area contributed by atoms with Crippen LogP contribution in [0.3, 0.4) is 0 Å². The third-order valence-corrected chi connectivity index (χ3v) is 8.60. The molecule has 0 aliphatic carbocycles. The largest absolute Gasteiger partial charge is 0.469 e. The Bertz CT molecular complexity index is 1670. The van der Waals surface area contributed by atoms with E-state index >= 15 is 0 Å². The van der Waals surface area contributed by atoms with E-state index in [0.29, 0.717) is 0 Å². The molecule has 16 N–H and O–H groups in total. The van der Waals surface area contributed by atoms with Crippen LogP contribution in [0.15, 0.2) is 0 Å². The highest BCUT2D eigenvalue weighted by molar-refractivity contribution is 7.46. The normalized spacial score (nSPS) is 16.5. The minimum atomic E-state index is -5.25. The van der Waals surface area contributed by atoms with E-state index in [1.807, 2.05) is 0 Å². The van der Waals surface area contributed by atoms with Crippen molar-refractivity contribution in [2.24, 2.45) is 5.73 Å². The molecule has 9 atom stereocenters. The number of phosphoric ester groups is 3. The van der Waals surface area contributed by atoms with Gasteiger partial charge < -0.3 is 77.6 Å². The van der Waals surface area contributed by atoms with Crippen LogP contribution < -0.4 is 48.3 Å². The van der Waals surface area contributed by atoms with Gasteiger partial charge in [-0.15, -0.1) is 0 Å². The molecule has 340 valence electrons. The highest BCUT2D eigenvalue weighted by Gasteiger charge is 2.33. The second kappa shape index (κ2) is 24.3. The average Bonchev–Trinajstić information content (AvgIpc) is 3.08. The lowest BCUT2D eigenvalue weighted by Gasteiger charge is -2.25. The Labute approximate surface area is 336 Å². The summed E-state index contributed by atoms with van der Waals surface area (Å²) in [6.45, 7) is 5.53. The van der Waals surface area contributed by atoms with Crippen LogP contribution in [0.2, 0.25) is 0 Å². The molecule has 29 nitrogen and oxygen atoms in total. The lowest BCUT2D eigenvalue weighted by Crippen LogP contribution is -2.60. The fourth-order valence-corrected chi connectivity index (χ4v) is 5.00. The molecule has 8 amide bonds. The molecular weight excluding hydrogens is 863 g/mol. The fourth-order valence-electron chi connectivity index (χ4n) is 3.90. The van der Waals surface area contributed by atoms with Crippen molar-refractivity contribution in [1.29, 1.82) is 0 Å². The van der Waals surface area contributed by atoms with Crippen LogP contribution in [0.4, 0.5) is 0 Å². The first kappa shape index (κ1) is 55.0. The predicted molar refractivity (Wildman–Crippen MR) is 197 cm³/mol. The highest BCUT2D eigenvalue weighted by Crippen LogP contribution is 2.36. The van der Waals surface area contributed by atoms with Crippen LogP contribution >= 0.6 is 23.5 Å². The highest BCUT2D eigenvalue weighted by atomic mass is 31.2. The van der Waals surface area contributed by atoms with E-state index < -0.39 is 145 Å². The molecule has 0 unspecified atom stereocenters. The monoisotopic (exact) mass is 915 g/mol. The Morgan fingerprint density at radius 1 is 0.407 bits per heavy atom. The molecule has 0 aliphatic heterocycles. The van der Waals surface area contributed by atoms with Crippen LogP contribution in [0.1, 0.15) is 48.5 Å². The van der Waals surface area contributed by atoms with E-state index in [9.17, 15) is 52.1 Å². The van der Waals surface area contributed by atoms with E-state index in [-0.39, 0.29) is 0 Å². The van der Waals surface area contributed by atoms with Crippen LogP contribution in [0.5, 0.6) is 0 Å². The summed E-state index contributed by atoms with van der Waals surface area (Å²) in [5, 5.41) is 17.4. The van der Waals surface area contributed by atoms with Crippen molar-refractivity contribution in [3.63, 3.8) is 0 Å². The van der Waals surface area contributed by atoms with Gasteiger partial charge in [0.25, 0.3) is 0 Å². The van der Waals surface area contributed by atoms with Crippen molar-refractivity contribution in [3.8, 4) is 0 Å². The van der Waals surface area contributed by atoms with Gasteiger partial charge in [-0.2, -0.15) is 0 Å². The Morgan fingerprint density at radius 2 is 0.644 bits per heavy atom. The first-order valence-electron chi connectivity index (χ1n) is 17.0. The Hall–Kier alpha value is -3.95. The van der Waals surface area contributed by atoms with E-state index in [4.69, 9.17) is 35.1 Å². The summed E-state index contributed by atoms with van der Waals surface area (Å²) in [7, 11) is -15.3. The standard InChI is InChI=1S/C27H52N9O20P3/c1-11(8-54-57(45,46)47)29-21(38)13(3)31-22(39)14(4)33-27(44)19(10-56-59(51,52)53)36-25(42)17(7)32-23(40)15(5)34-26(43)18(9-55-58(48,49)50)35-24(41)16(6)30-20(37)12(2)28/h11-19H,8-10,28H2,1-7H3,(H,29,38)(H,30,37)(H,31,39)(H,32,40)(H,33,44)(H,34,43)(H,35,41)(H,36,42)(H2,45,46,47)(H2,48,49,50)(H2,51,52,53)/t11-,12+,13+,14+,15+,16+,17+,18+,19+/m1/s1. The van der Waals surface area contributed by atoms with Gasteiger partial charge in [0, 0.05) is 0 Å². The molecular formula is C27H52N9O20P3. The van der Waals surface area contributed by atoms with Crippen molar-refractivity contribution in [2.75, 3.05) is 19.8 Å². The van der Waals surface area contributed by atoms with Crippen molar-refractivity contribution < 1.29 is 95.0 Å². The zero-order chi connectivity index (χ0) is 46.2. The van der Waals surface area contributed by atoms with Crippen molar-refractivity contribution in [3.05, 3.63) is 0 Å². The van der Waals surface area contributed by atoms with E-state index in [0.717, 1.165) is 20.8 Å². The number of nitrogens with two attached hydrogens (primary N) is 1. The zero-order valence-corrected chi connectivity index (χ0v) is 35.3. The summed E-state index contributed by atoms with van der Waals surface area (Å²) in [5.74, 6) is -8.29. The predicted octanol–water partition coefficient (Wildman–Crippen LogP) is -6.34. The van der Waals surface area contributed by atoms with Crippen molar-refractivity contribution in [1.82, 2.24) is 42.5 Å². The quantitative estimate of drug-likeness (QED) is 0.0379. The number of rotatable bonds is 25. The Morgan fingerprint density at radius 3 is 0.932 bits per heavy atom. The summed E-state index contributed by atoms with van der Waals surface area (Å²) < 4.78 is 46.4. The second-order valence-electron chi connectivity index (χ2n) is 12.8. The molecule has 0 aromatic carbocycles. The molecule has 59 heavy (non-hydrogen) atoms. The lowest BCUT2D eigenvalue weighted by molar-refractivity contribution is -0.135. The molecule has 0 saturated heterocycles. The number of nitrogens with one attached hydrogen (secondary N) is 8. The molecule has 0 aromatic rings. The van der Waals surface area contributed by atoms with Gasteiger partial charge in [-0.05, 0) is 48.5 Å². The third-order valence-electron chi connectivity index (χ3n) is 7.14. The molecule has 0 heterocycles. The zero-order valence-electron chi connectivity index (χ0n) is 32.6. The second-order valence-corrected chi connectivity index (χ2v) is 16.5. The number of phosphoric acid groups is 3. The fraction of sp³-hybridized carbons (Fsp3) is 0.704. The van der Waals surface area contributed by atoms with E-state index in [2.05, 4.69) is 56.1 Å². The van der Waals surface area contributed by atoms with Gasteiger partial charge in [0.2, 0.25) is 47.3 Å². The maximum absolute atomic E-state index is 13.0.